The summed E-state index contributed by atoms with van der Waals surface area (Å²) in [5.74, 6) is -0.228. The van der Waals surface area contributed by atoms with E-state index in [1.54, 1.807) is 42.5 Å². The van der Waals surface area contributed by atoms with Crippen molar-refractivity contribution in [3.05, 3.63) is 63.6 Å². The summed E-state index contributed by atoms with van der Waals surface area (Å²) in [7, 11) is 0. The number of carbonyl (C=O) groups is 1. The Hall–Kier alpha value is -1.55. The number of hydrogen-bond acceptors (Lipinski definition) is 2. The average molecular weight is 295 g/mol. The van der Waals surface area contributed by atoms with Gasteiger partial charge in [-0.3, -0.25) is 4.79 Å². The van der Waals surface area contributed by atoms with Gasteiger partial charge in [-0.1, -0.05) is 29.3 Å². The monoisotopic (exact) mass is 294 g/mol. The fraction of sp³-hybridized carbons (Fsp3) is 0.0714. The molecule has 1 amide bonds. The Morgan fingerprint density at radius 3 is 2.42 bits per heavy atom. The molecular formula is C14H12Cl2N2O. The Morgan fingerprint density at radius 2 is 1.79 bits per heavy atom. The molecule has 0 fully saturated rings. The molecule has 98 valence electrons. The van der Waals surface area contributed by atoms with E-state index in [4.69, 9.17) is 28.9 Å². The molecule has 0 spiro atoms. The quantitative estimate of drug-likeness (QED) is 0.907. The normalized spacial score (nSPS) is 10.3. The van der Waals surface area contributed by atoms with Crippen molar-refractivity contribution in [3.63, 3.8) is 0 Å². The number of anilines is 1. The fourth-order valence-corrected chi connectivity index (χ4v) is 2.06. The maximum absolute atomic E-state index is 12.1. The van der Waals surface area contributed by atoms with Crippen molar-refractivity contribution < 1.29 is 4.79 Å². The number of carbonyl (C=O) groups excluding carboxylic acids is 1. The van der Waals surface area contributed by atoms with Crippen molar-refractivity contribution in [2.75, 3.05) is 5.32 Å². The van der Waals surface area contributed by atoms with E-state index in [1.807, 2.05) is 0 Å². The van der Waals surface area contributed by atoms with E-state index in [-0.39, 0.29) is 12.5 Å². The molecule has 0 aliphatic rings. The Morgan fingerprint density at radius 1 is 1.11 bits per heavy atom. The largest absolute Gasteiger partial charge is 0.326 e. The zero-order valence-corrected chi connectivity index (χ0v) is 11.5. The van der Waals surface area contributed by atoms with Gasteiger partial charge in [0.05, 0.1) is 0 Å². The van der Waals surface area contributed by atoms with Gasteiger partial charge in [0.25, 0.3) is 5.91 Å². The van der Waals surface area contributed by atoms with Gasteiger partial charge in [-0.05, 0) is 36.4 Å². The van der Waals surface area contributed by atoms with Crippen LogP contribution in [0.5, 0.6) is 0 Å². The molecule has 0 heterocycles. The molecule has 0 radical (unpaired) electrons. The zero-order chi connectivity index (χ0) is 13.8. The first-order valence-electron chi connectivity index (χ1n) is 5.66. The van der Waals surface area contributed by atoms with E-state index >= 15 is 0 Å². The molecular weight excluding hydrogens is 283 g/mol. The van der Waals surface area contributed by atoms with Crippen LogP contribution >= 0.6 is 23.2 Å². The molecule has 3 nitrogen and oxygen atoms in total. The maximum atomic E-state index is 12.1. The predicted octanol–water partition coefficient (Wildman–Crippen LogP) is 3.70. The zero-order valence-electron chi connectivity index (χ0n) is 9.99. The number of nitrogens with two attached hydrogens (primary N) is 1. The number of rotatable bonds is 3. The molecule has 19 heavy (non-hydrogen) atoms. The third-order valence-electron chi connectivity index (χ3n) is 2.68. The Kier molecular flexibility index (Phi) is 4.43. The summed E-state index contributed by atoms with van der Waals surface area (Å²) in [5, 5.41) is 3.92. The van der Waals surface area contributed by atoms with Crippen molar-refractivity contribution >= 4 is 34.8 Å². The molecule has 0 aliphatic carbocycles. The minimum absolute atomic E-state index is 0.228. The predicted molar refractivity (Wildman–Crippen MR) is 78.7 cm³/mol. The average Bonchev–Trinajstić information content (AvgIpc) is 2.39. The highest BCUT2D eigenvalue weighted by atomic mass is 35.5. The Labute approximate surface area is 121 Å². The highest BCUT2D eigenvalue weighted by molar-refractivity contribution is 6.32. The minimum atomic E-state index is -0.228. The molecule has 0 atom stereocenters. The van der Waals surface area contributed by atoms with Crippen molar-refractivity contribution in [1.29, 1.82) is 0 Å². The number of benzene rings is 2. The van der Waals surface area contributed by atoms with Crippen molar-refractivity contribution in [2.24, 2.45) is 5.73 Å². The van der Waals surface area contributed by atoms with E-state index in [0.29, 0.717) is 26.9 Å². The van der Waals surface area contributed by atoms with E-state index in [2.05, 4.69) is 5.32 Å². The van der Waals surface area contributed by atoms with Crippen LogP contribution in [0, 0.1) is 0 Å². The van der Waals surface area contributed by atoms with Crippen LogP contribution in [0.1, 0.15) is 15.9 Å². The van der Waals surface area contributed by atoms with E-state index < -0.39 is 0 Å². The van der Waals surface area contributed by atoms with E-state index in [1.165, 1.54) is 0 Å². The van der Waals surface area contributed by atoms with Gasteiger partial charge < -0.3 is 11.1 Å². The summed E-state index contributed by atoms with van der Waals surface area (Å²) in [6.07, 6.45) is 0. The van der Waals surface area contributed by atoms with Gasteiger partial charge in [0.2, 0.25) is 0 Å². The first-order valence-corrected chi connectivity index (χ1v) is 6.42. The number of halogens is 2. The molecule has 0 aromatic heterocycles. The van der Waals surface area contributed by atoms with Gasteiger partial charge in [0, 0.05) is 33.4 Å². The van der Waals surface area contributed by atoms with Gasteiger partial charge in [-0.15, -0.1) is 0 Å². The molecule has 2 aromatic carbocycles. The second-order valence-corrected chi connectivity index (χ2v) is 4.77. The highest BCUT2D eigenvalue weighted by Crippen LogP contribution is 2.24. The molecule has 0 bridgehead atoms. The Bertz CT molecular complexity index is 597. The second-order valence-electron chi connectivity index (χ2n) is 3.93. The van der Waals surface area contributed by atoms with Crippen LogP contribution in [0.2, 0.25) is 10.0 Å². The minimum Gasteiger partial charge on any atom is -0.326 e. The lowest BCUT2D eigenvalue weighted by Crippen LogP contribution is -2.14. The van der Waals surface area contributed by atoms with Crippen LogP contribution in [0.4, 0.5) is 5.69 Å². The van der Waals surface area contributed by atoms with Crippen molar-refractivity contribution in [1.82, 2.24) is 0 Å². The topological polar surface area (TPSA) is 55.1 Å². The number of nitrogens with one attached hydrogen (secondary N) is 1. The van der Waals surface area contributed by atoms with Crippen LogP contribution < -0.4 is 11.1 Å². The standard InChI is InChI=1S/C14H12Cl2N2O/c15-10-6-4-9(5-7-10)14(19)18-13-3-1-2-12(16)11(13)8-17/h1-7H,8,17H2,(H,18,19). The second kappa shape index (κ2) is 6.06. The van der Waals surface area contributed by atoms with Gasteiger partial charge in [0.1, 0.15) is 0 Å². The summed E-state index contributed by atoms with van der Waals surface area (Å²) < 4.78 is 0. The molecule has 0 aliphatic heterocycles. The molecule has 0 saturated carbocycles. The number of amides is 1. The molecule has 3 N–H and O–H groups in total. The molecule has 0 saturated heterocycles. The molecule has 5 heteroatoms. The number of hydrogen-bond donors (Lipinski definition) is 2. The third-order valence-corrected chi connectivity index (χ3v) is 3.28. The SMILES string of the molecule is NCc1c(Cl)cccc1NC(=O)c1ccc(Cl)cc1. The van der Waals surface area contributed by atoms with Crippen LogP contribution in [0.15, 0.2) is 42.5 Å². The summed E-state index contributed by atoms with van der Waals surface area (Å²) in [6, 6.07) is 11.9. The first-order chi connectivity index (χ1) is 9.11. The lowest BCUT2D eigenvalue weighted by molar-refractivity contribution is 0.102. The van der Waals surface area contributed by atoms with Gasteiger partial charge in [0.15, 0.2) is 0 Å². The lowest BCUT2D eigenvalue weighted by Gasteiger charge is -2.11. The fourth-order valence-electron chi connectivity index (χ4n) is 1.68. The van der Waals surface area contributed by atoms with E-state index in [0.717, 1.165) is 0 Å². The summed E-state index contributed by atoms with van der Waals surface area (Å²) >= 11 is 11.8. The molecule has 0 unspecified atom stereocenters. The van der Waals surface area contributed by atoms with Crippen molar-refractivity contribution in [2.45, 2.75) is 6.54 Å². The van der Waals surface area contributed by atoms with Gasteiger partial charge in [-0.2, -0.15) is 0 Å². The Balaban J connectivity index is 2.24. The summed E-state index contributed by atoms with van der Waals surface area (Å²) in [5.41, 5.74) is 7.49. The van der Waals surface area contributed by atoms with Gasteiger partial charge in [-0.25, -0.2) is 0 Å². The smallest absolute Gasteiger partial charge is 0.255 e. The first kappa shape index (κ1) is 13.9. The molecule has 2 rings (SSSR count). The van der Waals surface area contributed by atoms with Crippen LogP contribution in [0.3, 0.4) is 0 Å². The summed E-state index contributed by atoms with van der Waals surface area (Å²) in [4.78, 5) is 12.1. The van der Waals surface area contributed by atoms with Gasteiger partial charge >= 0.3 is 0 Å². The molecule has 2 aromatic rings. The lowest BCUT2D eigenvalue weighted by atomic mass is 10.1. The summed E-state index contributed by atoms with van der Waals surface area (Å²) in [6.45, 7) is 0.260. The van der Waals surface area contributed by atoms with Crippen LogP contribution in [0.25, 0.3) is 0 Å². The van der Waals surface area contributed by atoms with E-state index in [9.17, 15) is 4.79 Å². The maximum Gasteiger partial charge on any atom is 0.255 e. The highest BCUT2D eigenvalue weighted by Gasteiger charge is 2.10. The van der Waals surface area contributed by atoms with Crippen molar-refractivity contribution in [3.8, 4) is 0 Å². The third kappa shape index (κ3) is 3.26. The van der Waals surface area contributed by atoms with Crippen LogP contribution in [-0.4, -0.2) is 5.91 Å². The van der Waals surface area contributed by atoms with Crippen LogP contribution in [-0.2, 0) is 6.54 Å².